The van der Waals surface area contributed by atoms with E-state index in [-0.39, 0.29) is 40.9 Å². The molecule has 8 atom stereocenters. The van der Waals surface area contributed by atoms with Crippen molar-refractivity contribution in [1.29, 1.82) is 0 Å². The van der Waals surface area contributed by atoms with Gasteiger partial charge in [-0.25, -0.2) is 23.7 Å². The first kappa shape index (κ1) is 32.3. The third-order valence-electron chi connectivity index (χ3n) is 7.54. The first-order valence-electron chi connectivity index (χ1n) is 13.5. The molecule has 0 saturated carbocycles. The Kier molecular flexibility index (Phi) is 8.56. The number of fused-ring (bicyclic) bond motifs is 4. The lowest BCUT2D eigenvalue weighted by molar-refractivity contribution is -0.0569. The van der Waals surface area contributed by atoms with Crippen LogP contribution in [0.15, 0.2) is 27.4 Å². The Morgan fingerprint density at radius 2 is 2.00 bits per heavy atom. The van der Waals surface area contributed by atoms with E-state index in [4.69, 9.17) is 38.9 Å². The average Bonchev–Trinajstić information content (AvgIpc) is 3.77. The van der Waals surface area contributed by atoms with Crippen molar-refractivity contribution >= 4 is 53.6 Å². The maximum atomic E-state index is 13.3. The predicted molar refractivity (Wildman–Crippen MR) is 156 cm³/mol. The summed E-state index contributed by atoms with van der Waals surface area (Å²) in [5.74, 6) is 0.0437. The molecule has 0 aromatic carbocycles. The lowest BCUT2D eigenvalue weighted by Gasteiger charge is -2.24. The number of phosphoric acid groups is 1. The Hall–Kier alpha value is -3.64. The fourth-order valence-corrected chi connectivity index (χ4v) is 7.38. The standard InChI is InChI=1S/C22H30N11O11PS/c1-25-17(23)13-18(26-2)32(7-27-13)12-4-9-10(41-12)5-29-46(37,38)44-16-15(39-3)11(6-40-45(35,36)43-9)42-21(16)33-8-28-14-19(33)30-22(24)31-20(14)34/h7-12,15-16,21,29H,2,4-6H2,1,3H3,(H2,23,25)(H,35,36)(H3,24,30,31,34). The van der Waals surface area contributed by atoms with Crippen LogP contribution in [0.3, 0.4) is 0 Å². The average molecular weight is 688 g/mol. The summed E-state index contributed by atoms with van der Waals surface area (Å²) in [7, 11) is -6.72. The zero-order valence-electron chi connectivity index (χ0n) is 24.2. The number of methoxy groups -OCH3 is 1. The molecule has 0 amide bonds. The summed E-state index contributed by atoms with van der Waals surface area (Å²) in [5, 5.41) is 0. The zero-order valence-corrected chi connectivity index (χ0v) is 25.9. The number of H-pyrrole nitrogens is 1. The van der Waals surface area contributed by atoms with Gasteiger partial charge in [-0.3, -0.25) is 33.0 Å². The van der Waals surface area contributed by atoms with Gasteiger partial charge in [-0.2, -0.15) is 18.1 Å². The molecule has 0 radical (unpaired) electrons. The van der Waals surface area contributed by atoms with E-state index in [2.05, 4.69) is 41.4 Å². The molecule has 250 valence electrons. The van der Waals surface area contributed by atoms with E-state index >= 15 is 0 Å². The minimum atomic E-state index is -4.83. The summed E-state index contributed by atoms with van der Waals surface area (Å²) >= 11 is 0. The summed E-state index contributed by atoms with van der Waals surface area (Å²) in [5.41, 5.74) is 11.0. The molecular weight excluding hydrogens is 657 g/mol. The molecule has 6 rings (SSSR count). The second kappa shape index (κ2) is 12.2. The van der Waals surface area contributed by atoms with Gasteiger partial charge in [0, 0.05) is 27.1 Å². The highest BCUT2D eigenvalue weighted by Gasteiger charge is 2.51. The molecule has 3 fully saturated rings. The highest BCUT2D eigenvalue weighted by atomic mass is 32.2. The highest BCUT2D eigenvalue weighted by molar-refractivity contribution is 7.84. The fourth-order valence-electron chi connectivity index (χ4n) is 5.49. The summed E-state index contributed by atoms with van der Waals surface area (Å²) in [6.45, 7) is 2.46. The van der Waals surface area contributed by atoms with Gasteiger partial charge in [-0.15, -0.1) is 0 Å². The maximum Gasteiger partial charge on any atom is 0.472 e. The minimum Gasteiger partial charge on any atom is -0.382 e. The third-order valence-corrected chi connectivity index (χ3v) is 9.55. The molecule has 8 unspecified atom stereocenters. The zero-order chi connectivity index (χ0) is 33.0. The van der Waals surface area contributed by atoms with Crippen LogP contribution in [0.4, 0.5) is 11.8 Å². The van der Waals surface area contributed by atoms with Crippen LogP contribution in [0.5, 0.6) is 0 Å². The Balaban J connectivity index is 1.32. The number of hydrogen-bond donors (Lipinski definition) is 5. The van der Waals surface area contributed by atoms with Crippen LogP contribution >= 0.6 is 7.82 Å². The number of nitrogens with zero attached hydrogens (tertiary/aromatic N) is 7. The smallest absolute Gasteiger partial charge is 0.382 e. The van der Waals surface area contributed by atoms with Crippen molar-refractivity contribution in [3.63, 3.8) is 0 Å². The van der Waals surface area contributed by atoms with Gasteiger partial charge in [0.1, 0.15) is 42.2 Å². The van der Waals surface area contributed by atoms with E-state index in [1.54, 1.807) is 0 Å². The van der Waals surface area contributed by atoms with Gasteiger partial charge in [-0.1, -0.05) is 0 Å². The number of imidazole rings is 2. The number of nitrogens with one attached hydrogen (secondary N) is 2. The number of nitrogens with two attached hydrogens (primary N) is 2. The monoisotopic (exact) mass is 687 g/mol. The van der Waals surface area contributed by atoms with Gasteiger partial charge < -0.3 is 30.6 Å². The van der Waals surface area contributed by atoms with Crippen LogP contribution in [0.2, 0.25) is 0 Å². The number of anilines is 1. The number of hydrogen-bond acceptors (Lipinski definition) is 16. The Morgan fingerprint density at radius 1 is 1.24 bits per heavy atom. The van der Waals surface area contributed by atoms with Crippen molar-refractivity contribution in [2.24, 2.45) is 15.7 Å². The van der Waals surface area contributed by atoms with Gasteiger partial charge in [0.05, 0.1) is 19.3 Å². The molecule has 0 aliphatic carbocycles. The van der Waals surface area contributed by atoms with Gasteiger partial charge >= 0.3 is 18.1 Å². The first-order chi connectivity index (χ1) is 21.8. The number of ether oxygens (including phenoxy) is 3. The molecule has 3 aliphatic rings. The van der Waals surface area contributed by atoms with Crippen LogP contribution < -0.4 is 21.7 Å². The SMILES string of the molecule is C=Nc1c(C(N)=NC)ncn1C1CC2OP(=O)(O)OCC3OC(n4cnc5c(=O)[nH]c(N)nc54)C(OS(=O)(=O)NCC2O1)C3OC. The van der Waals surface area contributed by atoms with E-state index in [1.807, 2.05) is 0 Å². The number of aliphatic imine (C=N–C) groups is 2. The maximum absolute atomic E-state index is 13.3. The molecule has 46 heavy (non-hydrogen) atoms. The fraction of sp³-hybridized carbons (Fsp3) is 0.545. The third kappa shape index (κ3) is 5.97. The van der Waals surface area contributed by atoms with Gasteiger partial charge in [0.2, 0.25) is 5.95 Å². The van der Waals surface area contributed by atoms with Crippen LogP contribution in [-0.2, 0) is 42.3 Å². The lowest BCUT2D eigenvalue weighted by atomic mass is 10.1. The first-order valence-corrected chi connectivity index (χ1v) is 16.4. The van der Waals surface area contributed by atoms with Crippen LogP contribution in [-0.4, -0.2) is 113 Å². The van der Waals surface area contributed by atoms with Crippen molar-refractivity contribution < 1.29 is 45.3 Å². The Bertz CT molecular complexity index is 1900. The number of nitrogen functional groups attached to an aromatic ring is 1. The highest BCUT2D eigenvalue weighted by Crippen LogP contribution is 2.50. The largest absolute Gasteiger partial charge is 0.472 e. The van der Waals surface area contributed by atoms with Crippen LogP contribution in [0.25, 0.3) is 11.2 Å². The molecule has 3 aromatic heterocycles. The van der Waals surface area contributed by atoms with Crippen molar-refractivity contribution in [3.8, 4) is 0 Å². The quantitative estimate of drug-likeness (QED) is 0.112. The predicted octanol–water partition coefficient (Wildman–Crippen LogP) is -1.80. The normalized spacial score (nSPS) is 33.6. The second-order valence-electron chi connectivity index (χ2n) is 10.3. The second-order valence-corrected chi connectivity index (χ2v) is 13.1. The molecule has 2 bridgehead atoms. The number of rotatable bonds is 5. The molecule has 24 heteroatoms. The summed E-state index contributed by atoms with van der Waals surface area (Å²) in [6, 6.07) is 0. The van der Waals surface area contributed by atoms with Crippen LogP contribution in [0.1, 0.15) is 24.6 Å². The van der Waals surface area contributed by atoms with Crippen molar-refractivity contribution in [2.45, 2.75) is 49.4 Å². The number of aromatic nitrogens is 6. The van der Waals surface area contributed by atoms with Gasteiger partial charge in [0.15, 0.2) is 29.3 Å². The molecule has 3 aromatic rings. The van der Waals surface area contributed by atoms with Crippen molar-refractivity contribution in [1.82, 2.24) is 33.8 Å². The molecular formula is C22H30N11O11PS. The van der Waals surface area contributed by atoms with Crippen LogP contribution in [0, 0.1) is 0 Å². The van der Waals surface area contributed by atoms with E-state index in [0.717, 1.165) is 0 Å². The van der Waals surface area contributed by atoms with Gasteiger partial charge in [0.25, 0.3) is 5.56 Å². The minimum absolute atomic E-state index is 0.0462. The summed E-state index contributed by atoms with van der Waals surface area (Å²) in [6.07, 6.45) is -5.87. The topological polar surface area (TPSA) is 297 Å². The van der Waals surface area contributed by atoms with Crippen molar-refractivity contribution in [2.75, 3.05) is 33.0 Å². The molecule has 3 saturated heterocycles. The lowest BCUT2D eigenvalue weighted by Crippen LogP contribution is -2.43. The van der Waals surface area contributed by atoms with E-state index in [0.29, 0.717) is 0 Å². The number of phosphoric ester groups is 1. The van der Waals surface area contributed by atoms with Gasteiger partial charge in [-0.05, 0) is 6.72 Å². The number of aromatic amines is 1. The molecule has 3 aliphatic heterocycles. The van der Waals surface area contributed by atoms with E-state index in [9.17, 15) is 22.7 Å². The molecule has 7 N–H and O–H groups in total. The number of amidine groups is 1. The molecule has 22 nitrogen and oxygen atoms in total. The summed E-state index contributed by atoms with van der Waals surface area (Å²) < 4.78 is 78.7. The Labute approximate surface area is 259 Å². The molecule has 6 heterocycles. The van der Waals surface area contributed by atoms with Crippen molar-refractivity contribution in [3.05, 3.63) is 28.7 Å². The van der Waals surface area contributed by atoms with E-state index in [1.165, 1.54) is 35.9 Å². The van der Waals surface area contributed by atoms with E-state index < -0.39 is 79.8 Å². The Morgan fingerprint density at radius 3 is 2.72 bits per heavy atom. The summed E-state index contributed by atoms with van der Waals surface area (Å²) in [4.78, 5) is 45.6. The molecule has 0 spiro atoms.